The topological polar surface area (TPSA) is 54.4 Å². The number of pyridine rings is 1. The van der Waals surface area contributed by atoms with Crippen LogP contribution in [0, 0.1) is 5.82 Å². The molecule has 24 heavy (non-hydrogen) atoms. The van der Waals surface area contributed by atoms with Gasteiger partial charge in [-0.2, -0.15) is 18.2 Å². The van der Waals surface area contributed by atoms with E-state index >= 15 is 0 Å². The molecular formula is C15H9F4N3OS. The van der Waals surface area contributed by atoms with Gasteiger partial charge in [-0.05, 0) is 29.8 Å². The summed E-state index contributed by atoms with van der Waals surface area (Å²) in [5.41, 5.74) is -0.349. The van der Waals surface area contributed by atoms with E-state index in [1.807, 2.05) is 0 Å². The molecule has 1 unspecified atom stereocenters. The minimum absolute atomic E-state index is 0.0655. The van der Waals surface area contributed by atoms with Crippen LogP contribution in [0.1, 0.15) is 5.56 Å². The van der Waals surface area contributed by atoms with Crippen molar-refractivity contribution in [1.82, 2.24) is 4.98 Å². The third-order valence-corrected chi connectivity index (χ3v) is 4.69. The van der Waals surface area contributed by atoms with Crippen LogP contribution in [0.4, 0.5) is 23.2 Å². The molecule has 4 nitrogen and oxygen atoms in total. The lowest BCUT2D eigenvalue weighted by Gasteiger charge is -2.28. The molecule has 0 spiro atoms. The van der Waals surface area contributed by atoms with Gasteiger partial charge < -0.3 is 5.32 Å². The van der Waals surface area contributed by atoms with E-state index in [2.05, 4.69) is 15.3 Å². The van der Waals surface area contributed by atoms with Gasteiger partial charge >= 0.3 is 6.18 Å². The molecule has 2 aromatic rings. The van der Waals surface area contributed by atoms with Crippen molar-refractivity contribution in [2.24, 2.45) is 4.99 Å². The van der Waals surface area contributed by atoms with Crippen LogP contribution < -0.4 is 5.32 Å². The third-order valence-electron chi connectivity index (χ3n) is 3.36. The third kappa shape index (κ3) is 2.64. The molecule has 2 heterocycles. The van der Waals surface area contributed by atoms with Crippen LogP contribution in [0.25, 0.3) is 0 Å². The Morgan fingerprint density at radius 1 is 1.08 bits per heavy atom. The first-order valence-corrected chi connectivity index (χ1v) is 7.47. The predicted molar refractivity (Wildman–Crippen MR) is 82.0 cm³/mol. The van der Waals surface area contributed by atoms with Gasteiger partial charge in [0.25, 0.3) is 5.91 Å². The van der Waals surface area contributed by atoms with E-state index in [0.717, 1.165) is 18.2 Å². The van der Waals surface area contributed by atoms with Gasteiger partial charge in [0.15, 0.2) is 5.17 Å². The summed E-state index contributed by atoms with van der Waals surface area (Å²) >= 11 is 0.200. The quantitative estimate of drug-likeness (QED) is 0.835. The number of benzene rings is 1. The minimum atomic E-state index is -4.89. The monoisotopic (exact) mass is 355 g/mol. The zero-order valence-corrected chi connectivity index (χ0v) is 12.7. The molecule has 0 fully saturated rings. The van der Waals surface area contributed by atoms with Gasteiger partial charge in [-0.1, -0.05) is 23.9 Å². The van der Waals surface area contributed by atoms with Crippen LogP contribution in [0.15, 0.2) is 53.8 Å². The zero-order chi connectivity index (χ0) is 17.4. The van der Waals surface area contributed by atoms with Gasteiger partial charge in [0.2, 0.25) is 4.75 Å². The first-order chi connectivity index (χ1) is 11.3. The van der Waals surface area contributed by atoms with Crippen molar-refractivity contribution in [3.63, 3.8) is 0 Å². The number of aliphatic imine (C=N–C) groups is 1. The molecular weight excluding hydrogens is 346 g/mol. The zero-order valence-electron chi connectivity index (χ0n) is 11.8. The van der Waals surface area contributed by atoms with Crippen molar-refractivity contribution in [2.45, 2.75) is 10.9 Å². The number of hydrogen-bond donors (Lipinski definition) is 1. The number of amidine groups is 1. The lowest BCUT2D eigenvalue weighted by Crippen LogP contribution is -2.44. The van der Waals surface area contributed by atoms with Gasteiger partial charge in [0.05, 0.1) is 5.69 Å². The highest BCUT2D eigenvalue weighted by Gasteiger charge is 2.65. The molecule has 1 aromatic carbocycles. The second kappa shape index (κ2) is 5.90. The van der Waals surface area contributed by atoms with Gasteiger partial charge in [-0.3, -0.25) is 9.78 Å². The number of anilines is 1. The summed E-state index contributed by atoms with van der Waals surface area (Å²) in [6, 6.07) is 7.65. The average Bonchev–Trinajstić information content (AvgIpc) is 2.88. The number of carbonyl (C=O) groups is 1. The molecule has 1 aliphatic rings. The Morgan fingerprint density at radius 3 is 2.38 bits per heavy atom. The number of thioether (sulfide) groups is 1. The van der Waals surface area contributed by atoms with Crippen molar-refractivity contribution in [2.75, 3.05) is 5.32 Å². The number of aromatic nitrogens is 1. The number of carbonyl (C=O) groups excluding carboxylic acids is 1. The van der Waals surface area contributed by atoms with Crippen LogP contribution in [0.2, 0.25) is 0 Å². The van der Waals surface area contributed by atoms with Crippen LogP contribution >= 0.6 is 11.8 Å². The van der Waals surface area contributed by atoms with Crippen LogP contribution in [-0.2, 0) is 9.54 Å². The number of amides is 1. The lowest BCUT2D eigenvalue weighted by molar-refractivity contribution is -0.170. The van der Waals surface area contributed by atoms with E-state index in [1.54, 1.807) is 0 Å². The molecule has 1 N–H and O–H groups in total. The molecule has 9 heteroatoms. The SMILES string of the molecule is O=C1N=C(Nc2ccccc2F)SC1(c1ccncc1)C(F)(F)F. The Hall–Kier alpha value is -2.42. The number of nitrogens with one attached hydrogen (secondary N) is 1. The van der Waals surface area contributed by atoms with E-state index in [1.165, 1.54) is 30.6 Å². The van der Waals surface area contributed by atoms with E-state index < -0.39 is 22.6 Å². The average molecular weight is 355 g/mol. The fourth-order valence-electron chi connectivity index (χ4n) is 2.23. The highest BCUT2D eigenvalue weighted by molar-refractivity contribution is 8.16. The summed E-state index contributed by atoms with van der Waals surface area (Å²) in [5, 5.41) is 2.12. The molecule has 0 bridgehead atoms. The second-order valence-electron chi connectivity index (χ2n) is 4.84. The largest absolute Gasteiger partial charge is 0.416 e. The molecule has 0 saturated carbocycles. The van der Waals surface area contributed by atoms with E-state index in [9.17, 15) is 22.4 Å². The fourth-order valence-corrected chi connectivity index (χ4v) is 3.31. The Kier molecular flexibility index (Phi) is 4.04. The first kappa shape index (κ1) is 16.4. The summed E-state index contributed by atoms with van der Waals surface area (Å²) in [5.74, 6) is -2.04. The summed E-state index contributed by atoms with van der Waals surface area (Å²) in [7, 11) is 0. The van der Waals surface area contributed by atoms with Crippen molar-refractivity contribution < 1.29 is 22.4 Å². The van der Waals surface area contributed by atoms with Gasteiger partial charge in [-0.25, -0.2) is 4.39 Å². The highest BCUT2D eigenvalue weighted by Crippen LogP contribution is 2.53. The molecule has 3 rings (SSSR count). The fraction of sp³-hybridized carbons (Fsp3) is 0.133. The number of nitrogens with zero attached hydrogens (tertiary/aromatic N) is 2. The van der Waals surface area contributed by atoms with E-state index in [0.29, 0.717) is 0 Å². The molecule has 0 radical (unpaired) electrons. The molecule has 124 valence electrons. The Labute approximate surface area is 138 Å². The van der Waals surface area contributed by atoms with E-state index in [-0.39, 0.29) is 28.2 Å². The number of hydrogen-bond acceptors (Lipinski definition) is 4. The maximum absolute atomic E-state index is 13.7. The molecule has 1 aromatic heterocycles. The lowest BCUT2D eigenvalue weighted by atomic mass is 9.98. The maximum atomic E-state index is 13.7. The predicted octanol–water partition coefficient (Wildman–Crippen LogP) is 3.72. The smallest absolute Gasteiger partial charge is 0.332 e. The summed E-state index contributed by atoms with van der Waals surface area (Å²) in [6.07, 6.45) is -2.56. The normalized spacial score (nSPS) is 20.8. The van der Waals surface area contributed by atoms with Crippen molar-refractivity contribution >= 4 is 28.5 Å². The summed E-state index contributed by atoms with van der Waals surface area (Å²) in [6.45, 7) is 0. The first-order valence-electron chi connectivity index (χ1n) is 6.65. The second-order valence-corrected chi connectivity index (χ2v) is 6.05. The molecule has 0 aliphatic carbocycles. The van der Waals surface area contributed by atoms with Gasteiger partial charge in [0.1, 0.15) is 5.82 Å². The Bertz CT molecular complexity index is 810. The summed E-state index contributed by atoms with van der Waals surface area (Å²) < 4.78 is 51.9. The van der Waals surface area contributed by atoms with Crippen molar-refractivity contribution in [1.29, 1.82) is 0 Å². The maximum Gasteiger partial charge on any atom is 0.416 e. The Morgan fingerprint density at radius 2 is 1.75 bits per heavy atom. The van der Waals surface area contributed by atoms with Crippen LogP contribution in [-0.4, -0.2) is 22.2 Å². The number of rotatable bonds is 2. The molecule has 1 aliphatic heterocycles. The molecule has 1 amide bonds. The number of halogens is 4. The highest BCUT2D eigenvalue weighted by atomic mass is 32.2. The summed E-state index contributed by atoms with van der Waals surface area (Å²) in [4.78, 5) is 19.3. The van der Waals surface area contributed by atoms with Crippen molar-refractivity contribution in [3.05, 3.63) is 60.2 Å². The van der Waals surface area contributed by atoms with Crippen LogP contribution in [0.5, 0.6) is 0 Å². The number of para-hydroxylation sites is 1. The molecule has 0 saturated heterocycles. The minimum Gasteiger partial charge on any atom is -0.332 e. The van der Waals surface area contributed by atoms with Gasteiger partial charge in [0, 0.05) is 12.4 Å². The van der Waals surface area contributed by atoms with Crippen molar-refractivity contribution in [3.8, 4) is 0 Å². The standard InChI is InChI=1S/C15H9F4N3OS/c16-10-3-1-2-4-11(10)21-13-22-12(23)14(24-13,15(17,18)19)9-5-7-20-8-6-9/h1-8H,(H,21,22,23). The Balaban J connectivity index is 1.98. The van der Waals surface area contributed by atoms with Gasteiger partial charge in [-0.15, -0.1) is 0 Å². The van der Waals surface area contributed by atoms with Crippen LogP contribution in [0.3, 0.4) is 0 Å². The van der Waals surface area contributed by atoms with E-state index in [4.69, 9.17) is 0 Å². The molecule has 1 atom stereocenters. The number of alkyl halides is 3.